The summed E-state index contributed by atoms with van der Waals surface area (Å²) in [5.41, 5.74) is 3.03. The second-order valence-corrected chi connectivity index (χ2v) is 6.34. The van der Waals surface area contributed by atoms with E-state index in [0.29, 0.717) is 12.6 Å². The highest BCUT2D eigenvalue weighted by Crippen LogP contribution is 2.22. The third-order valence-corrected chi connectivity index (χ3v) is 2.97. The average molecular weight is 264 g/mol. The van der Waals surface area contributed by atoms with Crippen LogP contribution >= 0.6 is 0 Å². The lowest BCUT2D eigenvalue weighted by Crippen LogP contribution is -2.37. The Hall–Kier alpha value is -1.06. The van der Waals surface area contributed by atoms with Crippen LogP contribution < -0.4 is 10.2 Å². The van der Waals surface area contributed by atoms with E-state index in [4.69, 9.17) is 0 Å². The van der Waals surface area contributed by atoms with E-state index in [1.54, 1.807) is 0 Å². The second-order valence-electron chi connectivity index (χ2n) is 6.34. The Morgan fingerprint density at radius 2 is 1.95 bits per heavy atom. The summed E-state index contributed by atoms with van der Waals surface area (Å²) < 4.78 is 0. The summed E-state index contributed by atoms with van der Waals surface area (Å²) in [6.07, 6.45) is 0. The standard InChI is InChI=1S/C16H28N2O/c1-12(2)17-10-14-9-13(3)7-8-15(14)18(6)11-16(4,5)19/h7-9,12,17,19H,10-11H2,1-6H3. The van der Waals surface area contributed by atoms with Gasteiger partial charge < -0.3 is 15.3 Å². The van der Waals surface area contributed by atoms with E-state index in [0.717, 1.165) is 6.54 Å². The first kappa shape index (κ1) is 16.0. The van der Waals surface area contributed by atoms with Crippen LogP contribution in [0.4, 0.5) is 5.69 Å². The molecule has 0 saturated carbocycles. The number of nitrogens with one attached hydrogen (secondary N) is 1. The van der Waals surface area contributed by atoms with E-state index in [2.05, 4.69) is 49.2 Å². The van der Waals surface area contributed by atoms with Crippen LogP contribution in [-0.4, -0.2) is 30.3 Å². The van der Waals surface area contributed by atoms with E-state index in [-0.39, 0.29) is 0 Å². The number of benzene rings is 1. The van der Waals surface area contributed by atoms with Crippen molar-refractivity contribution in [2.24, 2.45) is 0 Å². The Labute approximate surface area is 117 Å². The quantitative estimate of drug-likeness (QED) is 0.829. The van der Waals surface area contributed by atoms with Crippen LogP contribution in [0.3, 0.4) is 0 Å². The Balaban J connectivity index is 2.92. The first-order chi connectivity index (χ1) is 8.69. The van der Waals surface area contributed by atoms with Gasteiger partial charge in [-0.25, -0.2) is 0 Å². The molecule has 1 rings (SSSR count). The van der Waals surface area contributed by atoms with Gasteiger partial charge in [-0.05, 0) is 32.4 Å². The maximum absolute atomic E-state index is 9.96. The van der Waals surface area contributed by atoms with Gasteiger partial charge in [0.2, 0.25) is 0 Å². The number of aryl methyl sites for hydroxylation is 1. The molecule has 1 aromatic carbocycles. The molecular weight excluding hydrogens is 236 g/mol. The number of rotatable bonds is 6. The zero-order valence-electron chi connectivity index (χ0n) is 13.1. The van der Waals surface area contributed by atoms with Gasteiger partial charge >= 0.3 is 0 Å². The first-order valence-electron chi connectivity index (χ1n) is 6.95. The number of hydrogen-bond donors (Lipinski definition) is 2. The van der Waals surface area contributed by atoms with E-state index in [1.807, 2.05) is 20.9 Å². The molecule has 108 valence electrons. The van der Waals surface area contributed by atoms with Crippen LogP contribution in [-0.2, 0) is 6.54 Å². The van der Waals surface area contributed by atoms with Gasteiger partial charge in [0.15, 0.2) is 0 Å². The molecule has 0 spiro atoms. The predicted molar refractivity (Wildman–Crippen MR) is 82.7 cm³/mol. The molecule has 0 aliphatic rings. The van der Waals surface area contributed by atoms with Gasteiger partial charge in [-0.2, -0.15) is 0 Å². The lowest BCUT2D eigenvalue weighted by molar-refractivity contribution is 0.0886. The summed E-state index contributed by atoms with van der Waals surface area (Å²) in [5.74, 6) is 0. The molecule has 3 nitrogen and oxygen atoms in total. The molecule has 0 aliphatic heterocycles. The molecule has 0 amide bonds. The number of likely N-dealkylation sites (N-methyl/N-ethyl adjacent to an activating group) is 1. The van der Waals surface area contributed by atoms with Crippen LogP contribution in [0, 0.1) is 6.92 Å². The third-order valence-electron chi connectivity index (χ3n) is 2.97. The van der Waals surface area contributed by atoms with Crippen molar-refractivity contribution in [2.75, 3.05) is 18.5 Å². The van der Waals surface area contributed by atoms with Crippen molar-refractivity contribution in [3.63, 3.8) is 0 Å². The maximum Gasteiger partial charge on any atom is 0.0765 e. The van der Waals surface area contributed by atoms with Crippen molar-refractivity contribution < 1.29 is 5.11 Å². The molecule has 0 saturated heterocycles. The van der Waals surface area contributed by atoms with Gasteiger partial charge in [-0.3, -0.25) is 0 Å². The smallest absolute Gasteiger partial charge is 0.0765 e. The zero-order chi connectivity index (χ0) is 14.6. The predicted octanol–water partition coefficient (Wildman–Crippen LogP) is 2.70. The van der Waals surface area contributed by atoms with E-state index in [9.17, 15) is 5.11 Å². The number of aliphatic hydroxyl groups is 1. The molecular formula is C16H28N2O. The minimum atomic E-state index is -0.692. The van der Waals surface area contributed by atoms with Gasteiger partial charge in [0.25, 0.3) is 0 Å². The summed E-state index contributed by atoms with van der Waals surface area (Å²) in [4.78, 5) is 2.12. The van der Waals surface area contributed by atoms with E-state index >= 15 is 0 Å². The van der Waals surface area contributed by atoms with Crippen LogP contribution in [0.1, 0.15) is 38.8 Å². The molecule has 0 aromatic heterocycles. The van der Waals surface area contributed by atoms with Gasteiger partial charge in [0.1, 0.15) is 0 Å². The number of anilines is 1. The van der Waals surface area contributed by atoms with Crippen LogP contribution in [0.2, 0.25) is 0 Å². The van der Waals surface area contributed by atoms with Crippen molar-refractivity contribution in [1.82, 2.24) is 5.32 Å². The van der Waals surface area contributed by atoms with E-state index in [1.165, 1.54) is 16.8 Å². The summed E-state index contributed by atoms with van der Waals surface area (Å²) in [6.45, 7) is 11.5. The van der Waals surface area contributed by atoms with Crippen molar-refractivity contribution in [3.05, 3.63) is 29.3 Å². The SMILES string of the molecule is Cc1ccc(N(C)CC(C)(C)O)c(CNC(C)C)c1. The van der Waals surface area contributed by atoms with Crippen molar-refractivity contribution in [1.29, 1.82) is 0 Å². The van der Waals surface area contributed by atoms with Crippen LogP contribution in [0.25, 0.3) is 0 Å². The fourth-order valence-corrected chi connectivity index (χ4v) is 2.21. The Morgan fingerprint density at radius 1 is 1.32 bits per heavy atom. The van der Waals surface area contributed by atoms with Crippen molar-refractivity contribution in [3.8, 4) is 0 Å². The molecule has 1 aromatic rings. The molecule has 0 heterocycles. The van der Waals surface area contributed by atoms with Crippen LogP contribution in [0.5, 0.6) is 0 Å². The molecule has 0 bridgehead atoms. The molecule has 0 atom stereocenters. The average Bonchev–Trinajstić information content (AvgIpc) is 2.23. The first-order valence-corrected chi connectivity index (χ1v) is 6.95. The van der Waals surface area contributed by atoms with Gasteiger partial charge in [0.05, 0.1) is 5.60 Å². The summed E-state index contributed by atoms with van der Waals surface area (Å²) in [5, 5.41) is 13.4. The lowest BCUT2D eigenvalue weighted by atomic mass is 10.1. The lowest BCUT2D eigenvalue weighted by Gasteiger charge is -2.29. The normalized spacial score (nSPS) is 12.0. The van der Waals surface area contributed by atoms with Gasteiger partial charge in [-0.15, -0.1) is 0 Å². The summed E-state index contributed by atoms with van der Waals surface area (Å²) in [6, 6.07) is 6.94. The highest BCUT2D eigenvalue weighted by Gasteiger charge is 2.17. The van der Waals surface area contributed by atoms with E-state index < -0.39 is 5.60 Å². The minimum absolute atomic E-state index is 0.466. The second kappa shape index (κ2) is 6.40. The topological polar surface area (TPSA) is 35.5 Å². The Kier molecular flexibility index (Phi) is 5.39. The molecule has 0 radical (unpaired) electrons. The monoisotopic (exact) mass is 264 g/mol. The molecule has 2 N–H and O–H groups in total. The van der Waals surface area contributed by atoms with Crippen molar-refractivity contribution in [2.45, 2.75) is 52.8 Å². The van der Waals surface area contributed by atoms with Crippen molar-refractivity contribution >= 4 is 5.69 Å². The number of hydrogen-bond acceptors (Lipinski definition) is 3. The maximum atomic E-state index is 9.96. The highest BCUT2D eigenvalue weighted by atomic mass is 16.3. The third kappa shape index (κ3) is 5.62. The fourth-order valence-electron chi connectivity index (χ4n) is 2.21. The van der Waals surface area contributed by atoms with Gasteiger partial charge in [0, 0.05) is 31.9 Å². The molecule has 0 fully saturated rings. The Bertz CT molecular complexity index is 408. The highest BCUT2D eigenvalue weighted by molar-refractivity contribution is 5.54. The molecule has 0 unspecified atom stereocenters. The number of nitrogens with zero attached hydrogens (tertiary/aromatic N) is 1. The largest absolute Gasteiger partial charge is 0.389 e. The fraction of sp³-hybridized carbons (Fsp3) is 0.625. The molecule has 3 heteroatoms. The summed E-state index contributed by atoms with van der Waals surface area (Å²) >= 11 is 0. The minimum Gasteiger partial charge on any atom is -0.389 e. The molecule has 19 heavy (non-hydrogen) atoms. The Morgan fingerprint density at radius 3 is 2.47 bits per heavy atom. The van der Waals surface area contributed by atoms with Gasteiger partial charge in [-0.1, -0.05) is 31.5 Å². The molecule has 0 aliphatic carbocycles. The zero-order valence-corrected chi connectivity index (χ0v) is 13.1. The van der Waals surface area contributed by atoms with Crippen LogP contribution in [0.15, 0.2) is 18.2 Å². The summed E-state index contributed by atoms with van der Waals surface area (Å²) in [7, 11) is 2.03.